The highest BCUT2D eigenvalue weighted by Gasteiger charge is 2.51. The summed E-state index contributed by atoms with van der Waals surface area (Å²) in [5.74, 6) is 1.10. The van der Waals surface area contributed by atoms with Crippen molar-refractivity contribution in [3.63, 3.8) is 0 Å². The van der Waals surface area contributed by atoms with E-state index < -0.39 is 0 Å². The highest BCUT2D eigenvalue weighted by atomic mass is 32.2. The molecule has 0 unspecified atom stereocenters. The number of nitrogens with one attached hydrogen (secondary N) is 1. The summed E-state index contributed by atoms with van der Waals surface area (Å²) in [6, 6.07) is 13.9. The predicted octanol–water partition coefficient (Wildman–Crippen LogP) is 3.48. The standard InChI is InChI=1S/C21H21N3O2S/c25-20(19-9-16-3-1-2-4-18(16)23-19)24-13-21(14-24)10-17(12-27-21)26-11-15-5-7-22-8-6-15/h1-9,17,23H,10-14H2/t17-/m0/s1. The lowest BCUT2D eigenvalue weighted by Gasteiger charge is -2.47. The third kappa shape index (κ3) is 3.24. The van der Waals surface area contributed by atoms with Crippen molar-refractivity contribution in [2.24, 2.45) is 0 Å². The second kappa shape index (κ2) is 6.69. The Bertz CT molecular complexity index is 933. The second-order valence-electron chi connectivity index (χ2n) is 7.42. The van der Waals surface area contributed by atoms with Gasteiger partial charge in [-0.05, 0) is 36.2 Å². The average molecular weight is 379 g/mol. The van der Waals surface area contributed by atoms with E-state index in [1.54, 1.807) is 12.4 Å². The number of carbonyl (C=O) groups excluding carboxylic acids is 1. The number of amides is 1. The first-order valence-electron chi connectivity index (χ1n) is 9.22. The highest BCUT2D eigenvalue weighted by Crippen LogP contribution is 2.46. The number of rotatable bonds is 4. The number of likely N-dealkylation sites (tertiary alicyclic amines) is 1. The van der Waals surface area contributed by atoms with Crippen LogP contribution in [0, 0.1) is 0 Å². The molecular weight excluding hydrogens is 358 g/mol. The van der Waals surface area contributed by atoms with Crippen molar-refractivity contribution in [1.82, 2.24) is 14.9 Å². The third-order valence-electron chi connectivity index (χ3n) is 5.42. The molecule has 0 saturated carbocycles. The smallest absolute Gasteiger partial charge is 0.270 e. The summed E-state index contributed by atoms with van der Waals surface area (Å²) in [5.41, 5.74) is 2.84. The molecule has 138 valence electrons. The van der Waals surface area contributed by atoms with Gasteiger partial charge in [0.25, 0.3) is 5.91 Å². The van der Waals surface area contributed by atoms with Crippen molar-refractivity contribution in [2.45, 2.75) is 23.9 Å². The van der Waals surface area contributed by atoms with Crippen LogP contribution in [0.25, 0.3) is 10.9 Å². The van der Waals surface area contributed by atoms with Gasteiger partial charge in [0.1, 0.15) is 5.69 Å². The largest absolute Gasteiger partial charge is 0.373 e. The fourth-order valence-electron chi connectivity index (χ4n) is 3.97. The van der Waals surface area contributed by atoms with E-state index in [4.69, 9.17) is 4.74 Å². The van der Waals surface area contributed by atoms with Gasteiger partial charge < -0.3 is 14.6 Å². The van der Waals surface area contributed by atoms with Gasteiger partial charge in [-0.1, -0.05) is 18.2 Å². The van der Waals surface area contributed by atoms with Gasteiger partial charge in [-0.25, -0.2) is 0 Å². The molecule has 1 spiro atoms. The minimum Gasteiger partial charge on any atom is -0.373 e. The monoisotopic (exact) mass is 379 g/mol. The number of aromatic nitrogens is 2. The van der Waals surface area contributed by atoms with Crippen LogP contribution in [-0.4, -0.2) is 50.5 Å². The molecule has 2 aromatic heterocycles. The van der Waals surface area contributed by atoms with Crippen molar-refractivity contribution >= 4 is 28.6 Å². The molecule has 0 radical (unpaired) electrons. The lowest BCUT2D eigenvalue weighted by atomic mass is 9.92. The van der Waals surface area contributed by atoms with Crippen LogP contribution in [0.1, 0.15) is 22.5 Å². The van der Waals surface area contributed by atoms with Gasteiger partial charge in [0.15, 0.2) is 0 Å². The number of carbonyl (C=O) groups is 1. The Hall–Kier alpha value is -2.31. The minimum atomic E-state index is 0.0959. The normalized spacial score (nSPS) is 20.9. The number of pyridine rings is 1. The molecule has 1 atom stereocenters. The van der Waals surface area contributed by atoms with E-state index >= 15 is 0 Å². The first-order chi connectivity index (χ1) is 13.2. The Balaban J connectivity index is 1.17. The SMILES string of the molecule is O=C(c1cc2ccccc2[nH]1)N1CC2(C[C@H](OCc3ccncc3)CS2)C1. The zero-order valence-corrected chi connectivity index (χ0v) is 15.7. The molecule has 5 nitrogen and oxygen atoms in total. The first kappa shape index (κ1) is 16.8. The van der Waals surface area contributed by atoms with Crippen LogP contribution in [0.2, 0.25) is 0 Å². The summed E-state index contributed by atoms with van der Waals surface area (Å²) in [6.45, 7) is 2.24. The number of thioether (sulfide) groups is 1. The highest BCUT2D eigenvalue weighted by molar-refractivity contribution is 8.01. The summed E-state index contributed by atoms with van der Waals surface area (Å²) >= 11 is 1.95. The molecule has 6 heteroatoms. The van der Waals surface area contributed by atoms with Gasteiger partial charge in [0, 0.05) is 42.1 Å². The number of benzene rings is 1. The van der Waals surface area contributed by atoms with E-state index in [-0.39, 0.29) is 16.8 Å². The number of hydrogen-bond donors (Lipinski definition) is 1. The first-order valence-corrected chi connectivity index (χ1v) is 10.2. The molecule has 2 aliphatic rings. The molecule has 0 bridgehead atoms. The lowest BCUT2D eigenvalue weighted by Crippen LogP contribution is -2.60. The Morgan fingerprint density at radius 1 is 1.26 bits per heavy atom. The summed E-state index contributed by atoms with van der Waals surface area (Å²) in [7, 11) is 0. The molecule has 4 heterocycles. The summed E-state index contributed by atoms with van der Waals surface area (Å²) in [4.78, 5) is 22.0. The van der Waals surface area contributed by atoms with Gasteiger partial charge in [0.2, 0.25) is 0 Å². The number of ether oxygens (including phenoxy) is 1. The van der Waals surface area contributed by atoms with E-state index in [0.717, 1.165) is 41.7 Å². The van der Waals surface area contributed by atoms with Crippen LogP contribution in [0.15, 0.2) is 54.9 Å². The maximum atomic E-state index is 12.8. The van der Waals surface area contributed by atoms with Gasteiger partial charge in [-0.15, -0.1) is 11.8 Å². The number of hydrogen-bond acceptors (Lipinski definition) is 4. The van der Waals surface area contributed by atoms with Crippen molar-refractivity contribution in [2.75, 3.05) is 18.8 Å². The Morgan fingerprint density at radius 3 is 2.89 bits per heavy atom. The second-order valence-corrected chi connectivity index (χ2v) is 8.91. The van der Waals surface area contributed by atoms with Crippen LogP contribution in [0.5, 0.6) is 0 Å². The molecule has 2 fully saturated rings. The summed E-state index contributed by atoms with van der Waals surface area (Å²) < 4.78 is 6.25. The minimum absolute atomic E-state index is 0.0959. The summed E-state index contributed by atoms with van der Waals surface area (Å²) in [6.07, 6.45) is 4.86. The van der Waals surface area contributed by atoms with E-state index in [1.807, 2.05) is 59.1 Å². The van der Waals surface area contributed by atoms with E-state index in [2.05, 4.69) is 9.97 Å². The molecule has 1 amide bonds. The van der Waals surface area contributed by atoms with Crippen molar-refractivity contribution in [3.8, 4) is 0 Å². The number of para-hydroxylation sites is 1. The van der Waals surface area contributed by atoms with E-state index in [9.17, 15) is 4.79 Å². The molecule has 0 aliphatic carbocycles. The van der Waals surface area contributed by atoms with Crippen LogP contribution in [0.3, 0.4) is 0 Å². The Morgan fingerprint density at radius 2 is 2.07 bits per heavy atom. The number of fused-ring (bicyclic) bond motifs is 1. The molecule has 27 heavy (non-hydrogen) atoms. The molecule has 2 saturated heterocycles. The molecule has 5 rings (SSSR count). The number of nitrogens with zero attached hydrogens (tertiary/aromatic N) is 2. The lowest BCUT2D eigenvalue weighted by molar-refractivity contribution is 0.0253. The van der Waals surface area contributed by atoms with Crippen LogP contribution >= 0.6 is 11.8 Å². The van der Waals surface area contributed by atoms with Gasteiger partial charge in [0.05, 0.1) is 17.5 Å². The van der Waals surface area contributed by atoms with Crippen molar-refractivity contribution < 1.29 is 9.53 Å². The van der Waals surface area contributed by atoms with Crippen molar-refractivity contribution in [3.05, 3.63) is 66.1 Å². The van der Waals surface area contributed by atoms with Gasteiger partial charge >= 0.3 is 0 Å². The summed E-state index contributed by atoms with van der Waals surface area (Å²) in [5, 5.41) is 1.08. The third-order valence-corrected chi connectivity index (χ3v) is 6.99. The molecule has 3 aromatic rings. The van der Waals surface area contributed by atoms with Crippen molar-refractivity contribution in [1.29, 1.82) is 0 Å². The maximum Gasteiger partial charge on any atom is 0.270 e. The molecule has 2 aliphatic heterocycles. The molecule has 1 N–H and O–H groups in total. The number of aromatic amines is 1. The quantitative estimate of drug-likeness (QED) is 0.754. The van der Waals surface area contributed by atoms with Crippen LogP contribution in [-0.2, 0) is 11.3 Å². The van der Waals surface area contributed by atoms with Crippen LogP contribution in [0.4, 0.5) is 0 Å². The number of H-pyrrole nitrogens is 1. The maximum absolute atomic E-state index is 12.8. The average Bonchev–Trinajstić information content (AvgIpc) is 3.30. The van der Waals surface area contributed by atoms with Gasteiger partial charge in [-0.2, -0.15) is 0 Å². The van der Waals surface area contributed by atoms with E-state index in [0.29, 0.717) is 12.3 Å². The fraction of sp³-hybridized carbons (Fsp3) is 0.333. The zero-order chi connectivity index (χ0) is 18.3. The van der Waals surface area contributed by atoms with Crippen LogP contribution < -0.4 is 0 Å². The van der Waals surface area contributed by atoms with Gasteiger partial charge in [-0.3, -0.25) is 9.78 Å². The topological polar surface area (TPSA) is 58.2 Å². The molecule has 1 aromatic carbocycles. The predicted molar refractivity (Wildman–Crippen MR) is 107 cm³/mol. The Labute approximate surface area is 162 Å². The Kier molecular flexibility index (Phi) is 4.17. The fourth-order valence-corrected chi connectivity index (χ4v) is 5.53. The van der Waals surface area contributed by atoms with E-state index in [1.165, 1.54) is 0 Å². The zero-order valence-electron chi connectivity index (χ0n) is 14.9. The molecular formula is C21H21N3O2S.